The minimum absolute atomic E-state index is 0.0803. The van der Waals surface area contributed by atoms with Gasteiger partial charge in [0, 0.05) is 12.6 Å². The van der Waals surface area contributed by atoms with Crippen LogP contribution in [0, 0.1) is 0 Å². The highest BCUT2D eigenvalue weighted by atomic mass is 16.5. The summed E-state index contributed by atoms with van der Waals surface area (Å²) in [6.45, 7) is 5.66. The minimum atomic E-state index is 0.0803. The monoisotopic (exact) mass is 285 g/mol. The van der Waals surface area contributed by atoms with E-state index in [2.05, 4.69) is 30.4 Å². The molecule has 2 aromatic rings. The summed E-state index contributed by atoms with van der Waals surface area (Å²) < 4.78 is 5.51. The van der Waals surface area contributed by atoms with Crippen molar-refractivity contribution in [2.24, 2.45) is 0 Å². The van der Waals surface area contributed by atoms with Crippen molar-refractivity contribution in [3.8, 4) is 5.75 Å². The maximum Gasteiger partial charge on any atom is 0.119 e. The van der Waals surface area contributed by atoms with E-state index in [0.717, 1.165) is 17.9 Å². The van der Waals surface area contributed by atoms with Gasteiger partial charge in [-0.1, -0.05) is 36.4 Å². The highest BCUT2D eigenvalue weighted by Crippen LogP contribution is 2.17. The zero-order valence-corrected chi connectivity index (χ0v) is 12.7. The van der Waals surface area contributed by atoms with Crippen molar-refractivity contribution >= 4 is 0 Å². The van der Waals surface area contributed by atoms with Crippen LogP contribution in [-0.4, -0.2) is 11.7 Å². The molecule has 0 aromatic heterocycles. The average molecular weight is 285 g/mol. The first-order valence-electron chi connectivity index (χ1n) is 7.37. The minimum Gasteiger partial charge on any atom is -0.494 e. The Kier molecular flexibility index (Phi) is 5.78. The molecule has 2 aromatic carbocycles. The van der Waals surface area contributed by atoms with Crippen LogP contribution in [0.3, 0.4) is 0 Å². The Labute approximate surface area is 126 Å². The summed E-state index contributed by atoms with van der Waals surface area (Å²) in [5.41, 5.74) is 3.33. The van der Waals surface area contributed by atoms with Crippen LogP contribution in [0.4, 0.5) is 0 Å². The molecule has 0 bridgehead atoms. The molecule has 0 aliphatic carbocycles. The average Bonchev–Trinajstić information content (AvgIpc) is 2.53. The fraction of sp³-hybridized carbons (Fsp3) is 0.333. The van der Waals surface area contributed by atoms with Gasteiger partial charge >= 0.3 is 0 Å². The number of aliphatic hydroxyl groups excluding tert-OH is 1. The Bertz CT molecular complexity index is 569. The summed E-state index contributed by atoms with van der Waals surface area (Å²) in [4.78, 5) is 0. The number of rotatable bonds is 7. The third-order valence-corrected chi connectivity index (χ3v) is 3.46. The third kappa shape index (κ3) is 4.59. The molecule has 112 valence electrons. The van der Waals surface area contributed by atoms with Crippen molar-refractivity contribution in [3.05, 3.63) is 65.2 Å². The molecule has 0 amide bonds. The summed E-state index contributed by atoms with van der Waals surface area (Å²) in [5, 5.41) is 12.7. The normalized spacial score (nSPS) is 12.1. The van der Waals surface area contributed by atoms with Gasteiger partial charge in [0.2, 0.25) is 0 Å². The molecule has 21 heavy (non-hydrogen) atoms. The number of hydrogen-bond donors (Lipinski definition) is 2. The molecule has 1 atom stereocenters. The Morgan fingerprint density at radius 2 is 1.86 bits per heavy atom. The van der Waals surface area contributed by atoms with E-state index in [1.807, 2.05) is 37.3 Å². The van der Waals surface area contributed by atoms with E-state index in [9.17, 15) is 5.11 Å². The molecule has 0 aliphatic heterocycles. The van der Waals surface area contributed by atoms with E-state index in [1.54, 1.807) is 0 Å². The molecule has 0 saturated heterocycles. The van der Waals surface area contributed by atoms with Crippen LogP contribution < -0.4 is 10.1 Å². The number of ether oxygens (including phenoxy) is 1. The second-order valence-electron chi connectivity index (χ2n) is 5.09. The van der Waals surface area contributed by atoms with Gasteiger partial charge < -0.3 is 15.2 Å². The lowest BCUT2D eigenvalue weighted by molar-refractivity contribution is 0.281. The summed E-state index contributed by atoms with van der Waals surface area (Å²) >= 11 is 0. The van der Waals surface area contributed by atoms with Gasteiger partial charge in [-0.3, -0.25) is 0 Å². The van der Waals surface area contributed by atoms with Crippen LogP contribution in [0.5, 0.6) is 5.75 Å². The molecule has 0 fully saturated rings. The number of hydrogen-bond acceptors (Lipinski definition) is 3. The fourth-order valence-electron chi connectivity index (χ4n) is 2.26. The standard InChI is InChI=1S/C18H23NO2/c1-3-21-18-9-5-6-15(11-18)12-19-14(2)17-8-4-7-16(10-17)13-20/h4-11,14,19-20H,3,12-13H2,1-2H3. The van der Waals surface area contributed by atoms with Crippen LogP contribution in [0.2, 0.25) is 0 Å². The molecule has 2 rings (SSSR count). The summed E-state index contributed by atoms with van der Waals surface area (Å²) in [6, 6.07) is 16.4. The van der Waals surface area contributed by atoms with E-state index < -0.39 is 0 Å². The van der Waals surface area contributed by atoms with Crippen molar-refractivity contribution in [1.29, 1.82) is 0 Å². The maximum atomic E-state index is 9.20. The first-order valence-corrected chi connectivity index (χ1v) is 7.37. The molecule has 0 radical (unpaired) electrons. The lowest BCUT2D eigenvalue weighted by Crippen LogP contribution is -2.18. The van der Waals surface area contributed by atoms with Crippen LogP contribution in [-0.2, 0) is 13.2 Å². The molecule has 3 nitrogen and oxygen atoms in total. The van der Waals surface area contributed by atoms with E-state index in [0.29, 0.717) is 6.61 Å². The van der Waals surface area contributed by atoms with Crippen LogP contribution in [0.25, 0.3) is 0 Å². The van der Waals surface area contributed by atoms with Gasteiger partial charge in [-0.15, -0.1) is 0 Å². The second kappa shape index (κ2) is 7.81. The predicted molar refractivity (Wildman–Crippen MR) is 85.2 cm³/mol. The Morgan fingerprint density at radius 3 is 2.62 bits per heavy atom. The largest absolute Gasteiger partial charge is 0.494 e. The van der Waals surface area contributed by atoms with Gasteiger partial charge in [0.25, 0.3) is 0 Å². The lowest BCUT2D eigenvalue weighted by atomic mass is 10.1. The first kappa shape index (κ1) is 15.5. The van der Waals surface area contributed by atoms with E-state index in [4.69, 9.17) is 4.74 Å². The van der Waals surface area contributed by atoms with Crippen molar-refractivity contribution in [3.63, 3.8) is 0 Å². The molecular weight excluding hydrogens is 262 g/mol. The van der Waals surface area contributed by atoms with E-state index in [-0.39, 0.29) is 12.6 Å². The summed E-state index contributed by atoms with van der Waals surface area (Å²) in [7, 11) is 0. The number of nitrogens with one attached hydrogen (secondary N) is 1. The van der Waals surface area contributed by atoms with Crippen molar-refractivity contribution in [1.82, 2.24) is 5.32 Å². The lowest BCUT2D eigenvalue weighted by Gasteiger charge is -2.15. The molecule has 0 saturated carbocycles. The number of aliphatic hydroxyl groups is 1. The summed E-state index contributed by atoms with van der Waals surface area (Å²) in [5.74, 6) is 0.909. The van der Waals surface area contributed by atoms with Gasteiger partial charge in [-0.25, -0.2) is 0 Å². The first-order chi connectivity index (χ1) is 10.2. The highest BCUT2D eigenvalue weighted by molar-refractivity contribution is 5.29. The van der Waals surface area contributed by atoms with E-state index in [1.165, 1.54) is 11.1 Å². The number of benzene rings is 2. The highest BCUT2D eigenvalue weighted by Gasteiger charge is 2.06. The summed E-state index contributed by atoms with van der Waals surface area (Å²) in [6.07, 6.45) is 0. The molecular formula is C18H23NO2. The molecule has 0 heterocycles. The molecule has 3 heteroatoms. The third-order valence-electron chi connectivity index (χ3n) is 3.46. The molecule has 0 spiro atoms. The van der Waals surface area contributed by atoms with Crippen molar-refractivity contribution < 1.29 is 9.84 Å². The smallest absolute Gasteiger partial charge is 0.119 e. The van der Waals surface area contributed by atoms with Gasteiger partial charge in [-0.05, 0) is 42.7 Å². The van der Waals surface area contributed by atoms with Crippen LogP contribution >= 0.6 is 0 Å². The zero-order chi connectivity index (χ0) is 15.1. The van der Waals surface area contributed by atoms with Crippen LogP contribution in [0.15, 0.2) is 48.5 Å². The molecule has 2 N–H and O–H groups in total. The van der Waals surface area contributed by atoms with Crippen molar-refractivity contribution in [2.45, 2.75) is 33.0 Å². The van der Waals surface area contributed by atoms with Crippen LogP contribution in [0.1, 0.15) is 36.6 Å². The fourth-order valence-corrected chi connectivity index (χ4v) is 2.26. The van der Waals surface area contributed by atoms with Gasteiger partial charge in [-0.2, -0.15) is 0 Å². The van der Waals surface area contributed by atoms with Gasteiger partial charge in [0.15, 0.2) is 0 Å². The van der Waals surface area contributed by atoms with Gasteiger partial charge in [0.05, 0.1) is 13.2 Å². The second-order valence-corrected chi connectivity index (χ2v) is 5.09. The quantitative estimate of drug-likeness (QED) is 0.819. The molecule has 1 unspecified atom stereocenters. The SMILES string of the molecule is CCOc1cccc(CNC(C)c2cccc(CO)c2)c1. The van der Waals surface area contributed by atoms with E-state index >= 15 is 0 Å². The Balaban J connectivity index is 1.96. The zero-order valence-electron chi connectivity index (χ0n) is 12.7. The Hall–Kier alpha value is -1.84. The Morgan fingerprint density at radius 1 is 1.10 bits per heavy atom. The molecule has 0 aliphatic rings. The van der Waals surface area contributed by atoms with Crippen molar-refractivity contribution in [2.75, 3.05) is 6.61 Å². The van der Waals surface area contributed by atoms with Gasteiger partial charge in [0.1, 0.15) is 5.75 Å². The maximum absolute atomic E-state index is 9.20. The topological polar surface area (TPSA) is 41.5 Å². The predicted octanol–water partition coefficient (Wildman–Crippen LogP) is 3.43.